The molecule has 15 nitrogen and oxygen atoms in total. The van der Waals surface area contributed by atoms with Gasteiger partial charge < -0.3 is 25.8 Å². The monoisotopic (exact) mass is 863 g/mol. The van der Waals surface area contributed by atoms with Crippen LogP contribution >= 0.6 is 34.8 Å². The number of hydrogen-bond donors (Lipinski definition) is 3. The Hall–Kier alpha value is -6.81. The SMILES string of the molecule is Cc1ccc(NC(=O)c2cccc(Cl)c2)cc1OCc1nn(C)c2ncnc(Cl)c12.Cc1ccc(NC(=O)c2cccc(Cl)c2)cc1OCc1nn(C)c2ncnc(N)c12. The van der Waals surface area contributed by atoms with Crippen molar-refractivity contribution in [3.8, 4) is 11.5 Å². The molecular weight excluding hydrogens is 829 g/mol. The van der Waals surface area contributed by atoms with Crippen LogP contribution in [0.3, 0.4) is 0 Å². The topological polar surface area (TPSA) is 190 Å². The first-order valence-corrected chi connectivity index (χ1v) is 19.3. The number of nitrogens with two attached hydrogens (primary N) is 1. The van der Waals surface area contributed by atoms with Crippen LogP contribution in [0, 0.1) is 13.8 Å². The first kappa shape index (κ1) is 41.4. The summed E-state index contributed by atoms with van der Waals surface area (Å²) in [5.74, 6) is 1.07. The van der Waals surface area contributed by atoms with Crippen molar-refractivity contribution >= 4 is 85.9 Å². The lowest BCUT2D eigenvalue weighted by Gasteiger charge is -2.11. The van der Waals surface area contributed by atoms with Gasteiger partial charge in [0, 0.05) is 58.8 Å². The zero-order chi connectivity index (χ0) is 42.5. The second kappa shape index (κ2) is 18.0. The Balaban J connectivity index is 0.000000181. The Bertz CT molecular complexity index is 2700. The fourth-order valence-electron chi connectivity index (χ4n) is 6.14. The number of ether oxygens (including phenoxy) is 2. The molecule has 304 valence electrons. The molecular formula is C42H36Cl3N11O4. The summed E-state index contributed by atoms with van der Waals surface area (Å²) in [7, 11) is 3.57. The molecule has 0 bridgehead atoms. The molecule has 0 unspecified atom stereocenters. The first-order chi connectivity index (χ1) is 28.8. The molecule has 0 aliphatic heterocycles. The molecule has 2 amide bonds. The third-order valence-electron chi connectivity index (χ3n) is 9.16. The number of carbonyl (C=O) groups excluding carboxylic acids is 2. The van der Waals surface area contributed by atoms with Gasteiger partial charge in [-0.15, -0.1) is 0 Å². The van der Waals surface area contributed by atoms with Gasteiger partial charge in [0.05, 0.1) is 10.8 Å². The molecule has 8 aromatic rings. The smallest absolute Gasteiger partial charge is 0.255 e. The lowest BCUT2D eigenvalue weighted by Crippen LogP contribution is -2.12. The zero-order valence-electron chi connectivity index (χ0n) is 32.6. The average molecular weight is 865 g/mol. The van der Waals surface area contributed by atoms with Crippen molar-refractivity contribution in [3.05, 3.63) is 146 Å². The minimum Gasteiger partial charge on any atom is -0.487 e. The van der Waals surface area contributed by atoms with E-state index in [0.717, 1.165) is 11.1 Å². The summed E-state index contributed by atoms with van der Waals surface area (Å²) in [5.41, 5.74) is 12.5. The van der Waals surface area contributed by atoms with Crippen molar-refractivity contribution in [1.29, 1.82) is 0 Å². The summed E-state index contributed by atoms with van der Waals surface area (Å²) >= 11 is 18.2. The number of anilines is 3. The van der Waals surface area contributed by atoms with E-state index >= 15 is 0 Å². The molecule has 4 aromatic heterocycles. The van der Waals surface area contributed by atoms with E-state index in [-0.39, 0.29) is 25.0 Å². The summed E-state index contributed by atoms with van der Waals surface area (Å²) in [6.45, 7) is 4.20. The normalized spacial score (nSPS) is 10.9. The van der Waals surface area contributed by atoms with Gasteiger partial charge in [0.25, 0.3) is 11.8 Å². The lowest BCUT2D eigenvalue weighted by atomic mass is 10.1. The molecule has 0 aliphatic carbocycles. The largest absolute Gasteiger partial charge is 0.487 e. The lowest BCUT2D eigenvalue weighted by molar-refractivity contribution is 0.101. The number of rotatable bonds is 10. The Morgan fingerprint density at radius 1 is 0.633 bits per heavy atom. The number of aromatic nitrogens is 8. The van der Waals surface area contributed by atoms with Crippen molar-refractivity contribution in [3.63, 3.8) is 0 Å². The highest BCUT2D eigenvalue weighted by Gasteiger charge is 2.17. The molecule has 4 N–H and O–H groups in total. The Morgan fingerprint density at radius 2 is 1.10 bits per heavy atom. The average Bonchev–Trinajstić information content (AvgIpc) is 3.74. The maximum Gasteiger partial charge on any atom is 0.255 e. The van der Waals surface area contributed by atoms with E-state index in [9.17, 15) is 9.59 Å². The number of aryl methyl sites for hydroxylation is 4. The number of amides is 2. The van der Waals surface area contributed by atoms with Crippen LogP contribution in [0.4, 0.5) is 17.2 Å². The molecule has 0 radical (unpaired) electrons. The van der Waals surface area contributed by atoms with E-state index in [4.69, 9.17) is 50.0 Å². The third-order valence-corrected chi connectivity index (χ3v) is 9.92. The number of carbonyl (C=O) groups is 2. The summed E-state index contributed by atoms with van der Waals surface area (Å²) in [4.78, 5) is 41.4. The van der Waals surface area contributed by atoms with Crippen LogP contribution < -0.4 is 25.8 Å². The number of nitrogen functional groups attached to an aromatic ring is 1. The minimum absolute atomic E-state index is 0.178. The van der Waals surface area contributed by atoms with Gasteiger partial charge in [-0.1, -0.05) is 59.1 Å². The van der Waals surface area contributed by atoms with Gasteiger partial charge in [-0.05, 0) is 73.5 Å². The fourth-order valence-corrected chi connectivity index (χ4v) is 6.76. The molecule has 4 heterocycles. The number of hydrogen-bond acceptors (Lipinski definition) is 11. The minimum atomic E-state index is -0.257. The van der Waals surface area contributed by atoms with E-state index < -0.39 is 0 Å². The maximum absolute atomic E-state index is 12.5. The maximum atomic E-state index is 12.5. The molecule has 4 aromatic carbocycles. The zero-order valence-corrected chi connectivity index (χ0v) is 34.8. The highest BCUT2D eigenvalue weighted by molar-refractivity contribution is 6.34. The molecule has 18 heteroatoms. The van der Waals surface area contributed by atoms with Gasteiger partial charge in [0.1, 0.15) is 59.7 Å². The predicted octanol–water partition coefficient (Wildman–Crippen LogP) is 8.55. The Kier molecular flexibility index (Phi) is 12.4. The van der Waals surface area contributed by atoms with E-state index in [0.29, 0.717) is 88.5 Å². The first-order valence-electron chi connectivity index (χ1n) is 18.2. The number of halogens is 3. The predicted molar refractivity (Wildman–Crippen MR) is 232 cm³/mol. The highest BCUT2D eigenvalue weighted by Crippen LogP contribution is 2.29. The van der Waals surface area contributed by atoms with Crippen LogP contribution in [0.15, 0.2) is 97.6 Å². The summed E-state index contributed by atoms with van der Waals surface area (Å²) < 4.78 is 15.2. The highest BCUT2D eigenvalue weighted by atomic mass is 35.5. The number of nitrogens with one attached hydrogen (secondary N) is 2. The van der Waals surface area contributed by atoms with Crippen molar-refractivity contribution in [2.75, 3.05) is 16.4 Å². The number of nitrogens with zero attached hydrogens (tertiary/aromatic N) is 8. The fraction of sp³-hybridized carbons (Fsp3) is 0.143. The number of benzene rings is 4. The van der Waals surface area contributed by atoms with Crippen LogP contribution in [-0.2, 0) is 27.3 Å². The van der Waals surface area contributed by atoms with E-state index in [1.54, 1.807) is 84.1 Å². The molecule has 8 rings (SSSR count). The van der Waals surface area contributed by atoms with Crippen LogP contribution in [-0.4, -0.2) is 51.3 Å². The van der Waals surface area contributed by atoms with Crippen molar-refractivity contribution in [1.82, 2.24) is 39.5 Å². The van der Waals surface area contributed by atoms with Crippen molar-refractivity contribution in [2.45, 2.75) is 27.1 Å². The Labute approximate surface area is 358 Å². The van der Waals surface area contributed by atoms with Crippen molar-refractivity contribution in [2.24, 2.45) is 14.1 Å². The molecule has 60 heavy (non-hydrogen) atoms. The summed E-state index contributed by atoms with van der Waals surface area (Å²) in [6, 6.07) is 24.4. The molecule has 0 aliphatic rings. The Morgan fingerprint density at radius 3 is 1.60 bits per heavy atom. The van der Waals surface area contributed by atoms with Crippen LogP contribution in [0.2, 0.25) is 15.2 Å². The van der Waals surface area contributed by atoms with Crippen LogP contribution in [0.25, 0.3) is 22.1 Å². The molecule has 0 saturated carbocycles. The van der Waals surface area contributed by atoms with Gasteiger partial charge in [-0.2, -0.15) is 10.2 Å². The van der Waals surface area contributed by atoms with Gasteiger partial charge in [-0.3, -0.25) is 9.59 Å². The summed E-state index contributed by atoms with van der Waals surface area (Å²) in [5, 5.41) is 17.2. The number of fused-ring (bicyclic) bond motifs is 2. The van der Waals surface area contributed by atoms with E-state index in [1.807, 2.05) is 38.1 Å². The van der Waals surface area contributed by atoms with Gasteiger partial charge in [0.15, 0.2) is 11.3 Å². The molecule has 0 atom stereocenters. The standard InChI is InChI=1S/C21H17Cl2N5O2.C21H19ClN6O2/c2*1-12-6-7-15(26-21(29)13-4-3-5-14(22)8-13)9-17(12)30-10-16-18-19(23)24-11-25-20(18)28(2)27-16/h3-9,11H,10H2,1-2H3,(H,26,29);3-9,11H,10H2,1-2H3,(H,26,29)(H2,23,24,25). The summed E-state index contributed by atoms with van der Waals surface area (Å²) in [6.07, 6.45) is 2.80. The molecule has 0 spiro atoms. The van der Waals surface area contributed by atoms with Crippen LogP contribution in [0.5, 0.6) is 11.5 Å². The van der Waals surface area contributed by atoms with E-state index in [1.165, 1.54) is 12.7 Å². The molecule has 0 saturated heterocycles. The van der Waals surface area contributed by atoms with Gasteiger partial charge >= 0.3 is 0 Å². The molecule has 0 fully saturated rings. The van der Waals surface area contributed by atoms with Crippen LogP contribution in [0.1, 0.15) is 43.2 Å². The van der Waals surface area contributed by atoms with Gasteiger partial charge in [0.2, 0.25) is 0 Å². The van der Waals surface area contributed by atoms with E-state index in [2.05, 4.69) is 40.8 Å². The third kappa shape index (κ3) is 9.39. The second-order valence-electron chi connectivity index (χ2n) is 13.4. The van der Waals surface area contributed by atoms with Crippen molar-refractivity contribution < 1.29 is 19.1 Å². The quantitative estimate of drug-likeness (QED) is 0.112. The van der Waals surface area contributed by atoms with Gasteiger partial charge in [-0.25, -0.2) is 29.3 Å². The second-order valence-corrected chi connectivity index (χ2v) is 14.7.